The lowest BCUT2D eigenvalue weighted by atomic mass is 9.95. The highest BCUT2D eigenvalue weighted by Crippen LogP contribution is 2.28. The third kappa shape index (κ3) is 4.35. The number of nitrogens with zero attached hydrogens (tertiary/aromatic N) is 1. The van der Waals surface area contributed by atoms with Gasteiger partial charge >= 0.3 is 6.03 Å². The van der Waals surface area contributed by atoms with Gasteiger partial charge in [0.25, 0.3) is 5.91 Å². The van der Waals surface area contributed by atoms with Crippen LogP contribution >= 0.6 is 0 Å². The molecule has 8 heteroatoms. The molecule has 1 atom stereocenters. The zero-order chi connectivity index (χ0) is 20.1. The topological polar surface area (TPSA) is 91.8 Å². The highest BCUT2D eigenvalue weighted by atomic mass is 19.1. The van der Waals surface area contributed by atoms with E-state index in [-0.39, 0.29) is 5.82 Å². The molecule has 0 radical (unpaired) electrons. The maximum atomic E-state index is 12.9. The van der Waals surface area contributed by atoms with Gasteiger partial charge in [0.05, 0.1) is 24.9 Å². The van der Waals surface area contributed by atoms with Gasteiger partial charge in [0, 0.05) is 5.70 Å². The summed E-state index contributed by atoms with van der Waals surface area (Å²) in [5, 5.41) is 9.25. The van der Waals surface area contributed by atoms with Crippen molar-refractivity contribution in [3.63, 3.8) is 0 Å². The number of allylic oxidation sites excluding steroid dienone is 1. The van der Waals surface area contributed by atoms with Crippen molar-refractivity contribution in [1.29, 1.82) is 0 Å². The molecule has 0 fully saturated rings. The van der Waals surface area contributed by atoms with E-state index < -0.39 is 18.0 Å². The Morgan fingerprint density at radius 1 is 1.18 bits per heavy atom. The second kappa shape index (κ2) is 8.34. The molecule has 1 aliphatic rings. The van der Waals surface area contributed by atoms with Crippen LogP contribution in [-0.2, 0) is 4.79 Å². The lowest BCUT2D eigenvalue weighted by molar-refractivity contribution is -0.117. The van der Waals surface area contributed by atoms with Gasteiger partial charge in [0.15, 0.2) is 0 Å². The fourth-order valence-electron chi connectivity index (χ4n) is 2.82. The molecule has 1 unspecified atom stereocenters. The minimum atomic E-state index is -0.638. The number of carbonyl (C=O) groups is 2. The Balaban J connectivity index is 1.80. The number of halogens is 1. The molecule has 1 aliphatic heterocycles. The van der Waals surface area contributed by atoms with E-state index in [4.69, 9.17) is 4.74 Å². The Hall–Kier alpha value is -3.68. The molecule has 0 bridgehead atoms. The van der Waals surface area contributed by atoms with E-state index in [0.717, 1.165) is 5.56 Å². The number of hydrogen-bond donors (Lipinski definition) is 3. The summed E-state index contributed by atoms with van der Waals surface area (Å²) in [5.74, 6) is -0.155. The first kappa shape index (κ1) is 19.1. The molecule has 0 saturated heterocycles. The number of hydrazone groups is 1. The lowest BCUT2D eigenvalue weighted by Gasteiger charge is -2.28. The first-order valence-electron chi connectivity index (χ1n) is 8.49. The zero-order valence-electron chi connectivity index (χ0n) is 15.3. The van der Waals surface area contributed by atoms with Crippen LogP contribution in [0.15, 0.2) is 64.9 Å². The molecule has 0 aromatic heterocycles. The number of ether oxygens (including phenoxy) is 1. The standard InChI is InChI=1S/C20H19FN4O3/c1-12-17(19(26)25-22-11-13-3-7-15(21)8-4-13)18(24-20(27)23-12)14-5-9-16(28-2)10-6-14/h3-11,18H,1-2H3,(H,25,26)(H2,23,24,27)/b22-11-. The van der Waals surface area contributed by atoms with E-state index in [1.54, 1.807) is 38.3 Å². The summed E-state index contributed by atoms with van der Waals surface area (Å²) in [5.41, 5.74) is 4.57. The van der Waals surface area contributed by atoms with Crippen LogP contribution in [0.2, 0.25) is 0 Å². The van der Waals surface area contributed by atoms with Gasteiger partial charge in [-0.1, -0.05) is 24.3 Å². The fraction of sp³-hybridized carbons (Fsp3) is 0.150. The monoisotopic (exact) mass is 382 g/mol. The Morgan fingerprint density at radius 2 is 1.86 bits per heavy atom. The third-order valence-corrected chi connectivity index (χ3v) is 4.21. The van der Waals surface area contributed by atoms with Crippen molar-refractivity contribution in [1.82, 2.24) is 16.1 Å². The second-order valence-electron chi connectivity index (χ2n) is 6.09. The number of urea groups is 1. The Morgan fingerprint density at radius 3 is 2.50 bits per heavy atom. The van der Waals surface area contributed by atoms with Gasteiger partial charge in [-0.2, -0.15) is 5.10 Å². The fourth-order valence-corrected chi connectivity index (χ4v) is 2.82. The molecule has 3 amide bonds. The van der Waals surface area contributed by atoms with Crippen molar-refractivity contribution >= 4 is 18.2 Å². The van der Waals surface area contributed by atoms with Crippen molar-refractivity contribution in [3.05, 3.63) is 76.7 Å². The van der Waals surface area contributed by atoms with Gasteiger partial charge in [0.1, 0.15) is 11.6 Å². The Labute approximate surface area is 161 Å². The smallest absolute Gasteiger partial charge is 0.319 e. The van der Waals surface area contributed by atoms with E-state index in [1.165, 1.54) is 30.5 Å². The van der Waals surface area contributed by atoms with Gasteiger partial charge in [-0.3, -0.25) is 4.79 Å². The van der Waals surface area contributed by atoms with Gasteiger partial charge in [0.2, 0.25) is 0 Å². The van der Waals surface area contributed by atoms with E-state index in [0.29, 0.717) is 22.6 Å². The summed E-state index contributed by atoms with van der Waals surface area (Å²) in [4.78, 5) is 24.6. The number of methoxy groups -OCH3 is 1. The van der Waals surface area contributed by atoms with Crippen molar-refractivity contribution in [2.24, 2.45) is 5.10 Å². The molecule has 144 valence electrons. The molecule has 28 heavy (non-hydrogen) atoms. The van der Waals surface area contributed by atoms with Crippen molar-refractivity contribution in [2.45, 2.75) is 13.0 Å². The van der Waals surface area contributed by atoms with Gasteiger partial charge < -0.3 is 15.4 Å². The van der Waals surface area contributed by atoms with E-state index in [1.807, 2.05) is 0 Å². The Kier molecular flexibility index (Phi) is 5.69. The lowest BCUT2D eigenvalue weighted by Crippen LogP contribution is -2.46. The molecular weight excluding hydrogens is 363 g/mol. The highest BCUT2D eigenvalue weighted by molar-refractivity contribution is 5.99. The first-order chi connectivity index (χ1) is 13.5. The molecule has 1 heterocycles. The van der Waals surface area contributed by atoms with Crippen LogP contribution in [0.1, 0.15) is 24.1 Å². The highest BCUT2D eigenvalue weighted by Gasteiger charge is 2.31. The summed E-state index contributed by atoms with van der Waals surface area (Å²) in [7, 11) is 1.56. The molecule has 7 nitrogen and oxygen atoms in total. The molecule has 3 N–H and O–H groups in total. The molecular formula is C20H19FN4O3. The average Bonchev–Trinajstić information content (AvgIpc) is 2.69. The number of hydrogen-bond acceptors (Lipinski definition) is 4. The number of rotatable bonds is 5. The molecule has 0 spiro atoms. The predicted octanol–water partition coefficient (Wildman–Crippen LogP) is 2.61. The van der Waals surface area contributed by atoms with E-state index in [2.05, 4.69) is 21.2 Å². The molecule has 2 aromatic carbocycles. The number of benzene rings is 2. The summed E-state index contributed by atoms with van der Waals surface area (Å²) >= 11 is 0. The van der Waals surface area contributed by atoms with E-state index in [9.17, 15) is 14.0 Å². The normalized spacial score (nSPS) is 16.5. The van der Waals surface area contributed by atoms with Crippen LogP contribution < -0.4 is 20.8 Å². The van der Waals surface area contributed by atoms with Crippen LogP contribution in [0, 0.1) is 5.82 Å². The third-order valence-electron chi connectivity index (χ3n) is 4.21. The second-order valence-corrected chi connectivity index (χ2v) is 6.09. The predicted molar refractivity (Wildman–Crippen MR) is 102 cm³/mol. The van der Waals surface area contributed by atoms with Gasteiger partial charge in [-0.15, -0.1) is 0 Å². The average molecular weight is 382 g/mol. The quantitative estimate of drug-likeness (QED) is 0.548. The van der Waals surface area contributed by atoms with Crippen molar-refractivity contribution in [2.75, 3.05) is 7.11 Å². The summed E-state index contributed by atoms with van der Waals surface area (Å²) in [6, 6.07) is 11.7. The van der Waals surface area contributed by atoms with Crippen molar-refractivity contribution in [3.8, 4) is 5.75 Å². The first-order valence-corrected chi connectivity index (χ1v) is 8.49. The molecule has 3 rings (SSSR count). The maximum absolute atomic E-state index is 12.9. The number of carbonyl (C=O) groups excluding carboxylic acids is 2. The summed E-state index contributed by atoms with van der Waals surface area (Å²) < 4.78 is 18.1. The molecule has 0 saturated carbocycles. The maximum Gasteiger partial charge on any atom is 0.319 e. The zero-order valence-corrected chi connectivity index (χ0v) is 15.3. The number of amides is 3. The van der Waals surface area contributed by atoms with Crippen LogP contribution in [-0.4, -0.2) is 25.3 Å². The SMILES string of the molecule is COc1ccc(C2NC(=O)NC(C)=C2C(=O)N/N=C\c2ccc(F)cc2)cc1. The van der Waals surface area contributed by atoms with Crippen molar-refractivity contribution < 1.29 is 18.7 Å². The number of nitrogens with one attached hydrogen (secondary N) is 3. The Bertz CT molecular complexity index is 937. The van der Waals surface area contributed by atoms with Gasteiger partial charge in [-0.05, 0) is 42.3 Å². The minimum absolute atomic E-state index is 0.334. The summed E-state index contributed by atoms with van der Waals surface area (Å²) in [6.07, 6.45) is 1.41. The molecule has 0 aliphatic carbocycles. The molecule has 2 aromatic rings. The summed E-state index contributed by atoms with van der Waals surface area (Å²) in [6.45, 7) is 1.65. The van der Waals surface area contributed by atoms with Gasteiger partial charge in [-0.25, -0.2) is 14.6 Å². The van der Waals surface area contributed by atoms with Crippen LogP contribution in [0.3, 0.4) is 0 Å². The van der Waals surface area contributed by atoms with Crippen LogP contribution in [0.4, 0.5) is 9.18 Å². The minimum Gasteiger partial charge on any atom is -0.497 e. The van der Waals surface area contributed by atoms with E-state index >= 15 is 0 Å². The van der Waals surface area contributed by atoms with Crippen LogP contribution in [0.25, 0.3) is 0 Å². The van der Waals surface area contributed by atoms with Crippen LogP contribution in [0.5, 0.6) is 5.75 Å². The largest absolute Gasteiger partial charge is 0.497 e.